The molecule has 0 amide bonds. The van der Waals surface area contributed by atoms with E-state index in [0.717, 1.165) is 34.8 Å². The molecule has 0 aliphatic heterocycles. The van der Waals surface area contributed by atoms with Gasteiger partial charge in [-0.15, -0.1) is 0 Å². The zero-order chi connectivity index (χ0) is 25.1. The van der Waals surface area contributed by atoms with Crippen molar-refractivity contribution in [3.63, 3.8) is 0 Å². The van der Waals surface area contributed by atoms with Crippen LogP contribution in [0.25, 0.3) is 5.69 Å². The summed E-state index contributed by atoms with van der Waals surface area (Å²) in [5, 5.41) is 4.61. The van der Waals surface area contributed by atoms with E-state index in [1.807, 2.05) is 37.3 Å². The van der Waals surface area contributed by atoms with Gasteiger partial charge in [0.2, 0.25) is 0 Å². The van der Waals surface area contributed by atoms with E-state index in [1.165, 1.54) is 36.0 Å². The lowest BCUT2D eigenvalue weighted by Gasteiger charge is -2.19. The highest BCUT2D eigenvalue weighted by Gasteiger charge is 2.24. The van der Waals surface area contributed by atoms with Gasteiger partial charge in [-0.25, -0.2) is 4.68 Å². The lowest BCUT2D eigenvalue weighted by Crippen LogP contribution is -2.12. The summed E-state index contributed by atoms with van der Waals surface area (Å²) in [6.07, 6.45) is 5.50. The number of hydrogen-bond acceptors (Lipinski definition) is 3. The lowest BCUT2D eigenvalue weighted by molar-refractivity contribution is 0.0985. The fraction of sp³-hybridized carbons (Fsp3) is 0.312. The molecule has 4 heteroatoms. The smallest absolute Gasteiger partial charge is 0.185 e. The number of aromatic nitrogens is 2. The van der Waals surface area contributed by atoms with Crippen LogP contribution in [0.5, 0.6) is 0 Å². The molecule has 1 unspecified atom stereocenters. The molecular formula is C32H35N3O. The Bertz CT molecular complexity index is 1350. The fourth-order valence-electron chi connectivity index (χ4n) is 5.04. The summed E-state index contributed by atoms with van der Waals surface area (Å²) in [6, 6.07) is 27.3. The predicted octanol–water partition coefficient (Wildman–Crippen LogP) is 6.70. The van der Waals surface area contributed by atoms with Crippen molar-refractivity contribution in [3.05, 3.63) is 118 Å². The van der Waals surface area contributed by atoms with Crippen LogP contribution in [0.1, 0.15) is 75.6 Å². The first-order valence-electron chi connectivity index (χ1n) is 13.0. The fourth-order valence-corrected chi connectivity index (χ4v) is 5.04. The second kappa shape index (κ2) is 10.6. The summed E-state index contributed by atoms with van der Waals surface area (Å²) in [7, 11) is 0. The maximum atomic E-state index is 13.5. The number of carbonyl (C=O) groups excluding carboxylic acids is 1. The normalized spacial score (nSPS) is 14.1. The number of Topliss-reactive ketones (excluding diaryl/α,β-unsaturated/α-hetero) is 1. The molecule has 0 spiro atoms. The quantitative estimate of drug-likeness (QED) is 0.259. The Morgan fingerprint density at radius 2 is 1.69 bits per heavy atom. The minimum Gasteiger partial charge on any atom is -0.326 e. The molecule has 1 saturated carbocycles. The van der Waals surface area contributed by atoms with Gasteiger partial charge in [0.1, 0.15) is 5.69 Å². The molecule has 4 nitrogen and oxygen atoms in total. The molecule has 3 aromatic carbocycles. The molecule has 0 bridgehead atoms. The molecule has 36 heavy (non-hydrogen) atoms. The third-order valence-corrected chi connectivity index (χ3v) is 7.27. The summed E-state index contributed by atoms with van der Waals surface area (Å²) in [5.41, 5.74) is 14.1. The lowest BCUT2D eigenvalue weighted by atomic mass is 9.85. The number of nitrogens with zero attached hydrogens (tertiary/aromatic N) is 2. The predicted molar refractivity (Wildman–Crippen MR) is 146 cm³/mol. The van der Waals surface area contributed by atoms with Crippen molar-refractivity contribution in [1.82, 2.24) is 9.78 Å². The topological polar surface area (TPSA) is 60.9 Å². The molecule has 1 aliphatic carbocycles. The van der Waals surface area contributed by atoms with Crippen molar-refractivity contribution < 1.29 is 4.79 Å². The van der Waals surface area contributed by atoms with E-state index < -0.39 is 0 Å². The number of ketones is 1. The van der Waals surface area contributed by atoms with Gasteiger partial charge in [0.15, 0.2) is 5.78 Å². The average molecular weight is 478 g/mol. The number of aryl methyl sites for hydroxylation is 2. The van der Waals surface area contributed by atoms with Gasteiger partial charge in [-0.3, -0.25) is 4.79 Å². The van der Waals surface area contributed by atoms with Crippen LogP contribution >= 0.6 is 0 Å². The van der Waals surface area contributed by atoms with E-state index in [9.17, 15) is 4.79 Å². The summed E-state index contributed by atoms with van der Waals surface area (Å²) in [6.45, 7) is 4.51. The van der Waals surface area contributed by atoms with Crippen molar-refractivity contribution in [2.24, 2.45) is 11.7 Å². The van der Waals surface area contributed by atoms with E-state index in [1.54, 1.807) is 4.68 Å². The standard InChI is InChI=1S/C32H35N3O/c1-22-9-14-27(15-10-22)30(16-13-24-11-12-24)28-7-3-5-25(18-28)20-32(36)31-17-23(2)34-35(31)29-8-4-6-26(19-29)21-33/h3-10,14-15,17-19,24,30H,11-13,16,20-21,33H2,1-2H3. The molecule has 184 valence electrons. The zero-order valence-electron chi connectivity index (χ0n) is 21.3. The second-order valence-corrected chi connectivity index (χ2v) is 10.3. The van der Waals surface area contributed by atoms with Crippen LogP contribution in [0.3, 0.4) is 0 Å². The van der Waals surface area contributed by atoms with Gasteiger partial charge in [-0.2, -0.15) is 5.10 Å². The van der Waals surface area contributed by atoms with Crippen molar-refractivity contribution in [1.29, 1.82) is 0 Å². The number of rotatable bonds is 10. The van der Waals surface area contributed by atoms with Crippen LogP contribution in [0.15, 0.2) is 78.9 Å². The Morgan fingerprint density at radius 1 is 0.944 bits per heavy atom. The minimum absolute atomic E-state index is 0.0655. The SMILES string of the molecule is Cc1ccc(C(CCC2CC2)c2cccc(CC(=O)c3cc(C)nn3-c3cccc(CN)c3)c2)cc1. The van der Waals surface area contributed by atoms with Gasteiger partial charge >= 0.3 is 0 Å². The number of benzene rings is 3. The van der Waals surface area contributed by atoms with Crippen molar-refractivity contribution in [2.75, 3.05) is 0 Å². The largest absolute Gasteiger partial charge is 0.326 e. The van der Waals surface area contributed by atoms with Crippen LogP contribution in [-0.2, 0) is 13.0 Å². The molecular weight excluding hydrogens is 442 g/mol. The molecule has 0 saturated heterocycles. The summed E-state index contributed by atoms with van der Waals surface area (Å²) in [5.74, 6) is 1.31. The summed E-state index contributed by atoms with van der Waals surface area (Å²) in [4.78, 5) is 13.5. The van der Waals surface area contributed by atoms with Gasteiger partial charge in [0.25, 0.3) is 0 Å². The molecule has 1 atom stereocenters. The number of hydrogen-bond donors (Lipinski definition) is 1. The summed E-state index contributed by atoms with van der Waals surface area (Å²) >= 11 is 0. The number of carbonyl (C=O) groups is 1. The maximum absolute atomic E-state index is 13.5. The second-order valence-electron chi connectivity index (χ2n) is 10.3. The third kappa shape index (κ3) is 5.66. The Balaban J connectivity index is 1.40. The third-order valence-electron chi connectivity index (χ3n) is 7.27. The minimum atomic E-state index is 0.0655. The number of nitrogens with two attached hydrogens (primary N) is 1. The van der Waals surface area contributed by atoms with Crippen LogP contribution in [0.2, 0.25) is 0 Å². The Morgan fingerprint density at radius 3 is 2.44 bits per heavy atom. The van der Waals surface area contributed by atoms with Gasteiger partial charge in [0.05, 0.1) is 11.4 Å². The molecule has 2 N–H and O–H groups in total. The first kappa shape index (κ1) is 24.2. The molecule has 1 heterocycles. The van der Waals surface area contributed by atoms with Crippen molar-refractivity contribution in [2.45, 2.75) is 58.4 Å². The molecule has 5 rings (SSSR count). The van der Waals surface area contributed by atoms with E-state index in [-0.39, 0.29) is 5.78 Å². The first-order chi connectivity index (χ1) is 17.5. The Labute approximate surface area is 214 Å². The van der Waals surface area contributed by atoms with E-state index in [4.69, 9.17) is 5.73 Å². The van der Waals surface area contributed by atoms with E-state index >= 15 is 0 Å². The van der Waals surface area contributed by atoms with E-state index in [2.05, 4.69) is 60.6 Å². The summed E-state index contributed by atoms with van der Waals surface area (Å²) < 4.78 is 1.76. The van der Waals surface area contributed by atoms with Crippen LogP contribution in [0, 0.1) is 19.8 Å². The van der Waals surface area contributed by atoms with Gasteiger partial charge < -0.3 is 5.73 Å². The van der Waals surface area contributed by atoms with Crippen LogP contribution in [-0.4, -0.2) is 15.6 Å². The Hall–Kier alpha value is -3.50. The monoisotopic (exact) mass is 477 g/mol. The van der Waals surface area contributed by atoms with Crippen molar-refractivity contribution in [3.8, 4) is 5.69 Å². The average Bonchev–Trinajstić information content (AvgIpc) is 3.64. The Kier molecular flexibility index (Phi) is 7.15. The molecule has 1 aliphatic rings. The molecule has 1 aromatic heterocycles. The van der Waals surface area contributed by atoms with Gasteiger partial charge in [-0.05, 0) is 73.1 Å². The molecule has 1 fully saturated rings. The maximum Gasteiger partial charge on any atom is 0.185 e. The highest BCUT2D eigenvalue weighted by atomic mass is 16.1. The zero-order valence-corrected chi connectivity index (χ0v) is 21.3. The van der Waals surface area contributed by atoms with Crippen LogP contribution < -0.4 is 5.73 Å². The van der Waals surface area contributed by atoms with Crippen LogP contribution in [0.4, 0.5) is 0 Å². The van der Waals surface area contributed by atoms with Gasteiger partial charge in [0, 0.05) is 18.9 Å². The van der Waals surface area contributed by atoms with Gasteiger partial charge in [-0.1, -0.05) is 79.1 Å². The van der Waals surface area contributed by atoms with Crippen molar-refractivity contribution >= 4 is 5.78 Å². The molecule has 4 aromatic rings. The highest BCUT2D eigenvalue weighted by molar-refractivity contribution is 5.96. The molecule has 0 radical (unpaired) electrons. The highest BCUT2D eigenvalue weighted by Crippen LogP contribution is 2.39. The van der Waals surface area contributed by atoms with E-state index in [0.29, 0.717) is 24.6 Å². The first-order valence-corrected chi connectivity index (χ1v) is 13.0.